The highest BCUT2D eigenvalue weighted by molar-refractivity contribution is 5.85. The first-order valence-corrected chi connectivity index (χ1v) is 6.20. The molecule has 96 valence electrons. The maximum absolute atomic E-state index is 12.1. The second-order valence-corrected chi connectivity index (χ2v) is 4.48. The molecule has 3 nitrogen and oxygen atoms in total. The average molecular weight is 249 g/mol. The first kappa shape index (κ1) is 15.7. The van der Waals surface area contributed by atoms with E-state index in [0.717, 1.165) is 39.0 Å². The van der Waals surface area contributed by atoms with Crippen LogP contribution in [0.3, 0.4) is 0 Å². The molecule has 0 radical (unpaired) electrons. The van der Waals surface area contributed by atoms with Gasteiger partial charge in [0.1, 0.15) is 0 Å². The average Bonchev–Trinajstić information content (AvgIpc) is 2.16. The van der Waals surface area contributed by atoms with E-state index >= 15 is 0 Å². The summed E-state index contributed by atoms with van der Waals surface area (Å²) in [7, 11) is 0. The molecule has 0 saturated carbocycles. The fourth-order valence-electron chi connectivity index (χ4n) is 1.93. The van der Waals surface area contributed by atoms with Crippen molar-refractivity contribution in [3.8, 4) is 0 Å². The third kappa shape index (κ3) is 3.95. The van der Waals surface area contributed by atoms with Crippen molar-refractivity contribution < 1.29 is 4.79 Å². The van der Waals surface area contributed by atoms with Gasteiger partial charge in [-0.15, -0.1) is 12.4 Å². The minimum Gasteiger partial charge on any atom is -0.343 e. The summed E-state index contributed by atoms with van der Waals surface area (Å²) in [4.78, 5) is 14.1. The Balaban J connectivity index is 0.00000225. The lowest BCUT2D eigenvalue weighted by Crippen LogP contribution is -2.50. The van der Waals surface area contributed by atoms with E-state index in [1.54, 1.807) is 0 Å². The number of nitrogens with zero attached hydrogens (tertiary/aromatic N) is 1. The van der Waals surface area contributed by atoms with Crippen LogP contribution in [0.2, 0.25) is 0 Å². The molecule has 1 aliphatic rings. The molecule has 4 heteroatoms. The van der Waals surface area contributed by atoms with Crippen LogP contribution in [0.15, 0.2) is 0 Å². The number of hydrogen-bond donors (Lipinski definition) is 1. The Morgan fingerprint density at radius 3 is 2.44 bits per heavy atom. The molecule has 16 heavy (non-hydrogen) atoms. The molecule has 0 spiro atoms. The number of carbonyl (C=O) groups excluding carboxylic acids is 1. The standard InChI is InChI=1S/C12H24N2O.ClH/c1-4-6-7-14(5-2)12(15)10(3)11-8-13-9-11;/h10-11,13H,4-9H2,1-3H3;1H. The van der Waals surface area contributed by atoms with Gasteiger partial charge in [-0.2, -0.15) is 0 Å². The number of nitrogens with one attached hydrogen (secondary N) is 1. The van der Waals surface area contributed by atoms with Crippen molar-refractivity contribution in [1.29, 1.82) is 0 Å². The van der Waals surface area contributed by atoms with Crippen LogP contribution in [0.5, 0.6) is 0 Å². The van der Waals surface area contributed by atoms with E-state index in [1.807, 2.05) is 4.90 Å². The van der Waals surface area contributed by atoms with Crippen molar-refractivity contribution in [3.63, 3.8) is 0 Å². The van der Waals surface area contributed by atoms with E-state index in [4.69, 9.17) is 0 Å². The Bertz CT molecular complexity index is 207. The zero-order valence-corrected chi connectivity index (χ0v) is 11.5. The van der Waals surface area contributed by atoms with Gasteiger partial charge in [0.05, 0.1) is 0 Å². The van der Waals surface area contributed by atoms with Gasteiger partial charge in [-0.1, -0.05) is 20.3 Å². The summed E-state index contributed by atoms with van der Waals surface area (Å²) < 4.78 is 0. The minimum absolute atomic E-state index is 0. The van der Waals surface area contributed by atoms with Crippen molar-refractivity contribution in [2.24, 2.45) is 11.8 Å². The van der Waals surface area contributed by atoms with Gasteiger partial charge in [0.25, 0.3) is 0 Å². The van der Waals surface area contributed by atoms with E-state index < -0.39 is 0 Å². The molecule has 1 N–H and O–H groups in total. The van der Waals surface area contributed by atoms with Crippen LogP contribution in [-0.4, -0.2) is 37.0 Å². The molecule has 1 unspecified atom stereocenters. The predicted molar refractivity (Wildman–Crippen MR) is 69.9 cm³/mol. The molecule has 0 aromatic rings. The zero-order chi connectivity index (χ0) is 11.3. The highest BCUT2D eigenvalue weighted by Crippen LogP contribution is 2.18. The van der Waals surface area contributed by atoms with E-state index in [1.165, 1.54) is 0 Å². The molecule has 1 heterocycles. The second-order valence-electron chi connectivity index (χ2n) is 4.48. The van der Waals surface area contributed by atoms with Gasteiger partial charge in [-0.3, -0.25) is 4.79 Å². The number of rotatable bonds is 6. The van der Waals surface area contributed by atoms with Crippen LogP contribution in [0, 0.1) is 11.8 Å². The maximum Gasteiger partial charge on any atom is 0.225 e. The van der Waals surface area contributed by atoms with Crippen molar-refractivity contribution in [1.82, 2.24) is 10.2 Å². The summed E-state index contributed by atoms with van der Waals surface area (Å²) in [6, 6.07) is 0. The molecule has 1 atom stereocenters. The third-order valence-electron chi connectivity index (χ3n) is 3.38. The number of unbranched alkanes of at least 4 members (excludes halogenated alkanes) is 1. The summed E-state index contributed by atoms with van der Waals surface area (Å²) in [5.41, 5.74) is 0. The van der Waals surface area contributed by atoms with Crippen LogP contribution in [0.4, 0.5) is 0 Å². The maximum atomic E-state index is 12.1. The van der Waals surface area contributed by atoms with Gasteiger partial charge in [0, 0.05) is 19.0 Å². The van der Waals surface area contributed by atoms with Crippen LogP contribution in [0.25, 0.3) is 0 Å². The van der Waals surface area contributed by atoms with Gasteiger partial charge >= 0.3 is 0 Å². The molecule has 1 aliphatic heterocycles. The van der Waals surface area contributed by atoms with Crippen molar-refractivity contribution in [2.75, 3.05) is 26.2 Å². The second kappa shape index (κ2) is 7.91. The smallest absolute Gasteiger partial charge is 0.225 e. The van der Waals surface area contributed by atoms with Crippen LogP contribution < -0.4 is 5.32 Å². The molecule has 0 aliphatic carbocycles. The highest BCUT2D eigenvalue weighted by atomic mass is 35.5. The molecule has 1 saturated heterocycles. The number of amides is 1. The number of carbonyl (C=O) groups is 1. The third-order valence-corrected chi connectivity index (χ3v) is 3.38. The highest BCUT2D eigenvalue weighted by Gasteiger charge is 2.30. The van der Waals surface area contributed by atoms with Gasteiger partial charge in [-0.05, 0) is 32.4 Å². The van der Waals surface area contributed by atoms with Gasteiger partial charge in [0.15, 0.2) is 0 Å². The van der Waals surface area contributed by atoms with E-state index in [2.05, 4.69) is 26.1 Å². The summed E-state index contributed by atoms with van der Waals surface area (Å²) in [5.74, 6) is 1.11. The van der Waals surface area contributed by atoms with E-state index in [9.17, 15) is 4.79 Å². The lowest BCUT2D eigenvalue weighted by Gasteiger charge is -2.34. The van der Waals surface area contributed by atoms with Crippen LogP contribution >= 0.6 is 12.4 Å². The van der Waals surface area contributed by atoms with E-state index in [-0.39, 0.29) is 18.3 Å². The normalized spacial score (nSPS) is 17.2. The molecule has 0 bridgehead atoms. The summed E-state index contributed by atoms with van der Waals surface area (Å²) in [6.45, 7) is 10.1. The fourth-order valence-corrected chi connectivity index (χ4v) is 1.93. The molecule has 0 aromatic carbocycles. The Kier molecular flexibility index (Phi) is 7.77. The van der Waals surface area contributed by atoms with E-state index in [0.29, 0.717) is 11.8 Å². The van der Waals surface area contributed by atoms with Crippen molar-refractivity contribution in [3.05, 3.63) is 0 Å². The Labute approximate surface area is 105 Å². The van der Waals surface area contributed by atoms with Crippen molar-refractivity contribution >= 4 is 18.3 Å². The molecule has 1 rings (SSSR count). The monoisotopic (exact) mass is 248 g/mol. The molecule has 0 aromatic heterocycles. The Morgan fingerprint density at radius 2 is 2.06 bits per heavy atom. The summed E-state index contributed by atoms with van der Waals surface area (Å²) in [6.07, 6.45) is 2.28. The summed E-state index contributed by atoms with van der Waals surface area (Å²) >= 11 is 0. The quantitative estimate of drug-likeness (QED) is 0.779. The predicted octanol–water partition coefficient (Wildman–Crippen LogP) is 1.91. The largest absolute Gasteiger partial charge is 0.343 e. The minimum atomic E-state index is 0. The Morgan fingerprint density at radius 1 is 1.44 bits per heavy atom. The molecular formula is C12H25ClN2O. The number of hydrogen-bond acceptors (Lipinski definition) is 2. The first-order valence-electron chi connectivity index (χ1n) is 6.20. The number of halogens is 1. The zero-order valence-electron chi connectivity index (χ0n) is 10.7. The van der Waals surface area contributed by atoms with Gasteiger partial charge < -0.3 is 10.2 Å². The topological polar surface area (TPSA) is 32.3 Å². The molecular weight excluding hydrogens is 224 g/mol. The molecule has 1 amide bonds. The lowest BCUT2D eigenvalue weighted by molar-refractivity contribution is -0.137. The summed E-state index contributed by atoms with van der Waals surface area (Å²) in [5, 5.41) is 3.23. The Hall–Kier alpha value is -0.280. The van der Waals surface area contributed by atoms with Gasteiger partial charge in [0.2, 0.25) is 5.91 Å². The molecule has 1 fully saturated rings. The van der Waals surface area contributed by atoms with Gasteiger partial charge in [-0.25, -0.2) is 0 Å². The fraction of sp³-hybridized carbons (Fsp3) is 0.917. The SMILES string of the molecule is CCCCN(CC)C(=O)C(C)C1CNC1.Cl. The first-order chi connectivity index (χ1) is 7.20. The van der Waals surface area contributed by atoms with Crippen LogP contribution in [0.1, 0.15) is 33.6 Å². The van der Waals surface area contributed by atoms with Crippen molar-refractivity contribution in [2.45, 2.75) is 33.6 Å². The lowest BCUT2D eigenvalue weighted by atomic mass is 9.88. The van der Waals surface area contributed by atoms with Crippen LogP contribution in [-0.2, 0) is 4.79 Å².